The molecule has 0 radical (unpaired) electrons. The maximum absolute atomic E-state index is 12.6. The van der Waals surface area contributed by atoms with Gasteiger partial charge in [-0.05, 0) is 42.4 Å². The van der Waals surface area contributed by atoms with E-state index in [4.69, 9.17) is 0 Å². The molecule has 128 valence electrons. The number of hydrogen-bond acceptors (Lipinski definition) is 3. The molecular weight excluding hydrogens is 306 g/mol. The van der Waals surface area contributed by atoms with E-state index in [0.717, 1.165) is 29.0 Å². The molecule has 3 rings (SSSR count). The minimum Gasteiger partial charge on any atom is -0.335 e. The lowest BCUT2D eigenvalue weighted by atomic mass is 9.86. The number of rotatable bonds is 1. The van der Waals surface area contributed by atoms with Crippen LogP contribution in [0.25, 0.3) is 0 Å². The number of carbonyl (C=O) groups excluding carboxylic acids is 3. The molecule has 1 heterocycles. The molecule has 1 aromatic rings. The van der Waals surface area contributed by atoms with E-state index in [1.165, 1.54) is 10.5 Å². The molecule has 1 aliphatic carbocycles. The fourth-order valence-corrected chi connectivity index (χ4v) is 3.65. The van der Waals surface area contributed by atoms with Crippen molar-refractivity contribution < 1.29 is 14.4 Å². The van der Waals surface area contributed by atoms with Crippen LogP contribution in [-0.2, 0) is 21.4 Å². The molecule has 6 heteroatoms. The zero-order valence-corrected chi connectivity index (χ0v) is 14.5. The standard InChI is InChI=1S/C18H23N3O3/c1-11-16(23)20(4)10-15(22)21(11)17(24)19-14-7-5-6-13-12(14)8-9-18(13,2)3/h5-7,11H,8-10H2,1-4H3,(H,19,24). The summed E-state index contributed by atoms with van der Waals surface area (Å²) in [7, 11) is 1.57. The van der Waals surface area contributed by atoms with Crippen molar-refractivity contribution in [1.82, 2.24) is 9.80 Å². The Kier molecular flexibility index (Phi) is 3.86. The van der Waals surface area contributed by atoms with Gasteiger partial charge in [0.2, 0.25) is 5.91 Å². The first-order valence-corrected chi connectivity index (χ1v) is 8.23. The Balaban J connectivity index is 1.85. The second-order valence-electron chi connectivity index (χ2n) is 7.28. The summed E-state index contributed by atoms with van der Waals surface area (Å²) in [5.41, 5.74) is 3.17. The van der Waals surface area contributed by atoms with Crippen LogP contribution in [0.5, 0.6) is 0 Å². The van der Waals surface area contributed by atoms with Gasteiger partial charge >= 0.3 is 6.03 Å². The van der Waals surface area contributed by atoms with Gasteiger partial charge in [-0.15, -0.1) is 0 Å². The SMILES string of the molecule is CC1C(=O)N(C)CC(=O)N1C(=O)Nc1cccc2c1CCC2(C)C. The lowest BCUT2D eigenvalue weighted by Crippen LogP contribution is -2.60. The van der Waals surface area contributed by atoms with Crippen molar-refractivity contribution in [3.8, 4) is 0 Å². The Hall–Kier alpha value is -2.37. The van der Waals surface area contributed by atoms with Crippen LogP contribution in [0.3, 0.4) is 0 Å². The van der Waals surface area contributed by atoms with E-state index < -0.39 is 12.1 Å². The first-order chi connectivity index (χ1) is 11.2. The Labute approximate surface area is 141 Å². The average molecular weight is 329 g/mol. The average Bonchev–Trinajstić information content (AvgIpc) is 2.82. The number of carbonyl (C=O) groups is 3. The molecule has 2 aliphatic rings. The van der Waals surface area contributed by atoms with E-state index in [2.05, 4.69) is 25.2 Å². The third-order valence-corrected chi connectivity index (χ3v) is 5.13. The first kappa shape index (κ1) is 16.5. The van der Waals surface area contributed by atoms with Gasteiger partial charge in [0.25, 0.3) is 5.91 Å². The maximum Gasteiger partial charge on any atom is 0.329 e. The van der Waals surface area contributed by atoms with Crippen LogP contribution in [0, 0.1) is 0 Å². The van der Waals surface area contributed by atoms with Gasteiger partial charge in [0.05, 0.1) is 6.54 Å². The third kappa shape index (κ3) is 2.56. The summed E-state index contributed by atoms with van der Waals surface area (Å²) in [6.07, 6.45) is 1.92. The number of imide groups is 1. The highest BCUT2D eigenvalue weighted by Crippen LogP contribution is 2.41. The molecule has 1 N–H and O–H groups in total. The molecule has 0 spiro atoms. The largest absolute Gasteiger partial charge is 0.335 e. The number of piperazine rings is 1. The van der Waals surface area contributed by atoms with Crippen molar-refractivity contribution in [3.63, 3.8) is 0 Å². The molecule has 1 unspecified atom stereocenters. The molecule has 24 heavy (non-hydrogen) atoms. The fraction of sp³-hybridized carbons (Fsp3) is 0.500. The van der Waals surface area contributed by atoms with Gasteiger partial charge in [-0.25, -0.2) is 4.79 Å². The summed E-state index contributed by atoms with van der Waals surface area (Å²) >= 11 is 0. The Morgan fingerprint density at radius 3 is 2.71 bits per heavy atom. The zero-order valence-electron chi connectivity index (χ0n) is 14.5. The summed E-state index contributed by atoms with van der Waals surface area (Å²) in [6.45, 7) is 5.88. The van der Waals surface area contributed by atoms with Crippen LogP contribution in [0.15, 0.2) is 18.2 Å². The van der Waals surface area contributed by atoms with E-state index in [1.54, 1.807) is 14.0 Å². The first-order valence-electron chi connectivity index (χ1n) is 8.23. The second kappa shape index (κ2) is 5.61. The number of urea groups is 1. The van der Waals surface area contributed by atoms with Gasteiger partial charge in [-0.1, -0.05) is 26.0 Å². The highest BCUT2D eigenvalue weighted by atomic mass is 16.2. The molecule has 4 amide bonds. The molecule has 0 bridgehead atoms. The summed E-state index contributed by atoms with van der Waals surface area (Å²) in [4.78, 5) is 39.3. The summed E-state index contributed by atoms with van der Waals surface area (Å²) in [5.74, 6) is -0.598. The van der Waals surface area contributed by atoms with Crippen LogP contribution < -0.4 is 5.32 Å². The third-order valence-electron chi connectivity index (χ3n) is 5.13. The van der Waals surface area contributed by atoms with Gasteiger partial charge in [-0.3, -0.25) is 14.5 Å². The normalized spacial score (nSPS) is 22.6. The fourth-order valence-electron chi connectivity index (χ4n) is 3.65. The van der Waals surface area contributed by atoms with Crippen molar-refractivity contribution in [2.75, 3.05) is 18.9 Å². The molecule has 1 fully saturated rings. The maximum atomic E-state index is 12.6. The van der Waals surface area contributed by atoms with E-state index in [9.17, 15) is 14.4 Å². The molecule has 6 nitrogen and oxygen atoms in total. The van der Waals surface area contributed by atoms with Crippen molar-refractivity contribution in [2.24, 2.45) is 0 Å². The quantitative estimate of drug-likeness (QED) is 0.858. The molecular formula is C18H23N3O3. The summed E-state index contributed by atoms with van der Waals surface area (Å²) in [5, 5.41) is 2.84. The second-order valence-corrected chi connectivity index (χ2v) is 7.28. The number of amides is 4. The molecule has 1 saturated heterocycles. The number of fused-ring (bicyclic) bond motifs is 1. The predicted molar refractivity (Wildman–Crippen MR) is 90.8 cm³/mol. The molecule has 1 atom stereocenters. The molecule has 1 aliphatic heterocycles. The van der Waals surface area contributed by atoms with Crippen LogP contribution in [-0.4, -0.2) is 47.3 Å². The van der Waals surface area contributed by atoms with E-state index in [1.807, 2.05) is 12.1 Å². The van der Waals surface area contributed by atoms with Crippen molar-refractivity contribution >= 4 is 23.5 Å². The number of benzene rings is 1. The summed E-state index contributed by atoms with van der Waals surface area (Å²) in [6, 6.07) is 4.54. The highest BCUT2D eigenvalue weighted by molar-refractivity contribution is 6.08. The van der Waals surface area contributed by atoms with Crippen LogP contribution in [0.4, 0.5) is 10.5 Å². The Bertz CT molecular complexity index is 726. The van der Waals surface area contributed by atoms with Crippen LogP contribution in [0.2, 0.25) is 0 Å². The van der Waals surface area contributed by atoms with Crippen LogP contribution >= 0.6 is 0 Å². The van der Waals surface area contributed by atoms with Gasteiger partial charge in [0, 0.05) is 12.7 Å². The number of nitrogens with one attached hydrogen (secondary N) is 1. The van der Waals surface area contributed by atoms with E-state index >= 15 is 0 Å². The Morgan fingerprint density at radius 2 is 2.00 bits per heavy atom. The van der Waals surface area contributed by atoms with E-state index in [0.29, 0.717) is 0 Å². The number of nitrogens with zero attached hydrogens (tertiary/aromatic N) is 2. The topological polar surface area (TPSA) is 69.7 Å². The van der Waals surface area contributed by atoms with E-state index in [-0.39, 0.29) is 23.8 Å². The number of likely N-dealkylation sites (N-methyl/N-ethyl adjacent to an activating group) is 1. The number of anilines is 1. The minimum absolute atomic E-state index is 0.0729. The monoisotopic (exact) mass is 329 g/mol. The predicted octanol–water partition coefficient (Wildman–Crippen LogP) is 2.13. The van der Waals surface area contributed by atoms with Gasteiger partial charge in [0.15, 0.2) is 0 Å². The van der Waals surface area contributed by atoms with Crippen molar-refractivity contribution in [3.05, 3.63) is 29.3 Å². The number of hydrogen-bond donors (Lipinski definition) is 1. The highest BCUT2D eigenvalue weighted by Gasteiger charge is 2.39. The van der Waals surface area contributed by atoms with Crippen molar-refractivity contribution in [1.29, 1.82) is 0 Å². The van der Waals surface area contributed by atoms with Gasteiger partial charge in [-0.2, -0.15) is 0 Å². The zero-order chi connectivity index (χ0) is 17.6. The lowest BCUT2D eigenvalue weighted by molar-refractivity contribution is -0.150. The smallest absolute Gasteiger partial charge is 0.329 e. The molecule has 1 aromatic carbocycles. The minimum atomic E-state index is -0.788. The van der Waals surface area contributed by atoms with Crippen molar-refractivity contribution in [2.45, 2.75) is 45.1 Å². The summed E-state index contributed by atoms with van der Waals surface area (Å²) < 4.78 is 0. The molecule has 0 aromatic heterocycles. The van der Waals surface area contributed by atoms with Gasteiger partial charge < -0.3 is 10.2 Å². The lowest BCUT2D eigenvalue weighted by Gasteiger charge is -2.35. The molecule has 0 saturated carbocycles. The van der Waals surface area contributed by atoms with Gasteiger partial charge in [0.1, 0.15) is 6.04 Å². The Morgan fingerprint density at radius 1 is 1.29 bits per heavy atom. The van der Waals surface area contributed by atoms with Crippen LogP contribution in [0.1, 0.15) is 38.3 Å².